The fraction of sp³-hybridized carbons (Fsp3) is 0.211. The number of carbonyl (C=O) groups excluding carboxylic acids is 3. The second-order valence-corrected chi connectivity index (χ2v) is 6.59. The Balaban J connectivity index is 1.72. The average molecular weight is 418 g/mol. The molecule has 0 fully saturated rings. The van der Waals surface area contributed by atoms with Crippen molar-refractivity contribution in [3.8, 4) is 0 Å². The molecule has 0 saturated carbocycles. The number of halogens is 1. The molecule has 2 aromatic rings. The van der Waals surface area contributed by atoms with Crippen molar-refractivity contribution >= 4 is 39.3 Å². The van der Waals surface area contributed by atoms with Gasteiger partial charge in [0.2, 0.25) is 11.8 Å². The van der Waals surface area contributed by atoms with E-state index < -0.39 is 0 Å². The van der Waals surface area contributed by atoms with Crippen molar-refractivity contribution in [3.63, 3.8) is 0 Å². The maximum atomic E-state index is 12.1. The number of nitrogens with zero attached hydrogens (tertiary/aromatic N) is 1. The second-order valence-electron chi connectivity index (χ2n) is 5.68. The maximum Gasteiger partial charge on any atom is 0.251 e. The van der Waals surface area contributed by atoms with Gasteiger partial charge in [-0.2, -0.15) is 0 Å². The zero-order valence-corrected chi connectivity index (χ0v) is 16.0. The monoisotopic (exact) mass is 417 g/mol. The van der Waals surface area contributed by atoms with Crippen LogP contribution < -0.4 is 10.6 Å². The van der Waals surface area contributed by atoms with Crippen LogP contribution in [0.25, 0.3) is 0 Å². The van der Waals surface area contributed by atoms with Crippen molar-refractivity contribution in [2.45, 2.75) is 6.42 Å². The fourth-order valence-corrected chi connectivity index (χ4v) is 2.47. The van der Waals surface area contributed by atoms with Crippen molar-refractivity contribution in [1.29, 1.82) is 0 Å². The van der Waals surface area contributed by atoms with Crippen LogP contribution in [0.2, 0.25) is 0 Å². The molecule has 0 heterocycles. The molecule has 2 N–H and O–H groups in total. The molecule has 0 aliphatic carbocycles. The van der Waals surface area contributed by atoms with Crippen LogP contribution in [0.3, 0.4) is 0 Å². The number of hydrogen-bond donors (Lipinski definition) is 2. The molecule has 0 unspecified atom stereocenters. The number of hydrogen-bond acceptors (Lipinski definition) is 3. The molecule has 2 aromatic carbocycles. The third kappa shape index (κ3) is 6.33. The molecule has 0 atom stereocenters. The molecule has 0 aromatic heterocycles. The Hall–Kier alpha value is -2.67. The van der Waals surface area contributed by atoms with Crippen LogP contribution in [-0.2, 0) is 9.59 Å². The lowest BCUT2D eigenvalue weighted by Crippen LogP contribution is -2.37. The molecular weight excluding hydrogens is 398 g/mol. The number of rotatable bonds is 7. The Morgan fingerprint density at radius 2 is 1.65 bits per heavy atom. The summed E-state index contributed by atoms with van der Waals surface area (Å²) in [6.45, 7) is 0.159. The summed E-state index contributed by atoms with van der Waals surface area (Å²) in [7, 11) is 1.56. The standard InChI is InChI=1S/C19H20BrN3O3/c1-23(13-17(24)22-16-5-3-2-4-6-16)18(25)11-12-21-19(26)14-7-9-15(20)10-8-14/h2-10H,11-13H2,1H3,(H,21,26)(H,22,24). The van der Waals surface area contributed by atoms with E-state index in [0.29, 0.717) is 11.3 Å². The summed E-state index contributed by atoms with van der Waals surface area (Å²) in [4.78, 5) is 37.3. The minimum atomic E-state index is -0.272. The van der Waals surface area contributed by atoms with Gasteiger partial charge in [-0.25, -0.2) is 0 Å². The maximum absolute atomic E-state index is 12.1. The third-order valence-corrected chi connectivity index (χ3v) is 4.12. The SMILES string of the molecule is CN(CC(=O)Nc1ccccc1)C(=O)CCNC(=O)c1ccc(Br)cc1. The van der Waals surface area contributed by atoms with Crippen LogP contribution >= 0.6 is 15.9 Å². The van der Waals surface area contributed by atoms with Crippen molar-refractivity contribution in [3.05, 3.63) is 64.6 Å². The van der Waals surface area contributed by atoms with Gasteiger partial charge in [0.05, 0.1) is 6.54 Å². The first-order valence-corrected chi connectivity index (χ1v) is 8.87. The fourth-order valence-electron chi connectivity index (χ4n) is 2.20. The molecule has 0 bridgehead atoms. The smallest absolute Gasteiger partial charge is 0.251 e. The van der Waals surface area contributed by atoms with Crippen LogP contribution in [0, 0.1) is 0 Å². The highest BCUT2D eigenvalue weighted by atomic mass is 79.9. The molecule has 26 heavy (non-hydrogen) atoms. The van der Waals surface area contributed by atoms with E-state index in [-0.39, 0.29) is 37.2 Å². The van der Waals surface area contributed by atoms with Crippen LogP contribution in [0.15, 0.2) is 59.1 Å². The molecule has 6 nitrogen and oxygen atoms in total. The first kappa shape index (κ1) is 19.7. The quantitative estimate of drug-likeness (QED) is 0.726. The topological polar surface area (TPSA) is 78.5 Å². The Kier molecular flexibility index (Phi) is 7.35. The van der Waals surface area contributed by atoms with Gasteiger partial charge in [0.25, 0.3) is 5.91 Å². The molecule has 136 valence electrons. The molecule has 3 amide bonds. The highest BCUT2D eigenvalue weighted by Crippen LogP contribution is 2.10. The first-order chi connectivity index (χ1) is 12.5. The van der Waals surface area contributed by atoms with Crippen LogP contribution in [0.1, 0.15) is 16.8 Å². The van der Waals surface area contributed by atoms with E-state index in [4.69, 9.17) is 0 Å². The Labute approximate surface area is 160 Å². The molecular formula is C19H20BrN3O3. The van der Waals surface area contributed by atoms with Crippen molar-refractivity contribution in [2.24, 2.45) is 0 Å². The first-order valence-electron chi connectivity index (χ1n) is 8.08. The van der Waals surface area contributed by atoms with Gasteiger partial charge in [0.15, 0.2) is 0 Å². The Morgan fingerprint density at radius 1 is 1.00 bits per heavy atom. The summed E-state index contributed by atoms with van der Waals surface area (Å²) in [5.74, 6) is -0.731. The number of para-hydroxylation sites is 1. The van der Waals surface area contributed by atoms with E-state index in [2.05, 4.69) is 26.6 Å². The molecule has 2 rings (SSSR count). The van der Waals surface area contributed by atoms with Crippen molar-refractivity contribution < 1.29 is 14.4 Å². The van der Waals surface area contributed by atoms with E-state index in [1.165, 1.54) is 4.90 Å². The molecule has 0 spiro atoms. The van der Waals surface area contributed by atoms with Crippen molar-refractivity contribution in [1.82, 2.24) is 10.2 Å². The number of anilines is 1. The van der Waals surface area contributed by atoms with E-state index in [9.17, 15) is 14.4 Å². The zero-order chi connectivity index (χ0) is 18.9. The number of amides is 3. The van der Waals surface area contributed by atoms with Gasteiger partial charge in [-0.3, -0.25) is 14.4 Å². The minimum absolute atomic E-state index is 0.0472. The van der Waals surface area contributed by atoms with Crippen LogP contribution in [-0.4, -0.2) is 42.8 Å². The predicted molar refractivity (Wildman–Crippen MR) is 104 cm³/mol. The number of nitrogens with one attached hydrogen (secondary N) is 2. The summed E-state index contributed by atoms with van der Waals surface area (Å²) in [5, 5.41) is 5.42. The van der Waals surface area contributed by atoms with Gasteiger partial charge in [0, 0.05) is 35.7 Å². The summed E-state index contributed by atoms with van der Waals surface area (Å²) >= 11 is 3.31. The molecule has 0 radical (unpaired) electrons. The third-order valence-electron chi connectivity index (χ3n) is 3.59. The summed E-state index contributed by atoms with van der Waals surface area (Å²) in [6.07, 6.45) is 0.122. The molecule has 0 aliphatic heterocycles. The Bertz CT molecular complexity index is 763. The average Bonchev–Trinajstić information content (AvgIpc) is 2.62. The molecule has 0 aliphatic rings. The number of carbonyl (C=O) groups is 3. The normalized spacial score (nSPS) is 10.1. The molecule has 0 saturated heterocycles. The van der Waals surface area contributed by atoms with Gasteiger partial charge in [-0.15, -0.1) is 0 Å². The summed E-state index contributed by atoms with van der Waals surface area (Å²) in [6, 6.07) is 16.0. The second kappa shape index (κ2) is 9.72. The van der Waals surface area contributed by atoms with Crippen molar-refractivity contribution in [2.75, 3.05) is 25.5 Å². The zero-order valence-electron chi connectivity index (χ0n) is 14.4. The number of likely N-dealkylation sites (N-methyl/N-ethyl adjacent to an activating group) is 1. The minimum Gasteiger partial charge on any atom is -0.352 e. The lowest BCUT2D eigenvalue weighted by molar-refractivity contribution is -0.133. The summed E-state index contributed by atoms with van der Waals surface area (Å²) in [5.41, 5.74) is 1.20. The highest BCUT2D eigenvalue weighted by molar-refractivity contribution is 9.10. The van der Waals surface area contributed by atoms with Gasteiger partial charge in [-0.05, 0) is 36.4 Å². The van der Waals surface area contributed by atoms with Gasteiger partial charge in [0.1, 0.15) is 0 Å². The van der Waals surface area contributed by atoms with Gasteiger partial charge >= 0.3 is 0 Å². The highest BCUT2D eigenvalue weighted by Gasteiger charge is 2.13. The van der Waals surface area contributed by atoms with Crippen LogP contribution in [0.5, 0.6) is 0 Å². The van der Waals surface area contributed by atoms with Crippen LogP contribution in [0.4, 0.5) is 5.69 Å². The number of benzene rings is 2. The van der Waals surface area contributed by atoms with E-state index in [0.717, 1.165) is 4.47 Å². The lowest BCUT2D eigenvalue weighted by Gasteiger charge is -2.17. The van der Waals surface area contributed by atoms with Gasteiger partial charge < -0.3 is 15.5 Å². The summed E-state index contributed by atoms with van der Waals surface area (Å²) < 4.78 is 0.889. The van der Waals surface area contributed by atoms with E-state index >= 15 is 0 Å². The predicted octanol–water partition coefficient (Wildman–Crippen LogP) is 2.67. The van der Waals surface area contributed by atoms with E-state index in [1.54, 1.807) is 43.4 Å². The van der Waals surface area contributed by atoms with Gasteiger partial charge in [-0.1, -0.05) is 34.1 Å². The Morgan fingerprint density at radius 3 is 2.31 bits per heavy atom. The molecule has 7 heteroatoms. The van der Waals surface area contributed by atoms with E-state index in [1.807, 2.05) is 18.2 Å². The largest absolute Gasteiger partial charge is 0.352 e. The lowest BCUT2D eigenvalue weighted by atomic mass is 10.2.